The van der Waals surface area contributed by atoms with Crippen molar-refractivity contribution in [1.82, 2.24) is 28.9 Å². The first-order valence-electron chi connectivity index (χ1n) is 13.0. The Morgan fingerprint density at radius 3 is 2.45 bits per heavy atom. The molecule has 3 heterocycles. The van der Waals surface area contributed by atoms with Crippen molar-refractivity contribution in [2.24, 2.45) is 7.05 Å². The minimum atomic E-state index is -1.10. The molecule has 10 nitrogen and oxygen atoms in total. The molecule has 2 N–H and O–H groups in total. The number of anilines is 2. The first kappa shape index (κ1) is 29.1. The molecule has 0 aliphatic carbocycles. The highest BCUT2D eigenvalue weighted by atomic mass is 35.5. The Balaban J connectivity index is 1.69. The molecule has 0 unspecified atom stereocenters. The highest BCUT2D eigenvalue weighted by molar-refractivity contribution is 6.34. The average Bonchev–Trinajstić information content (AvgIpc) is 3.25. The third-order valence-electron chi connectivity index (χ3n) is 6.72. The molecule has 0 aliphatic rings. The van der Waals surface area contributed by atoms with E-state index >= 15 is 0 Å². The largest absolute Gasteiger partial charge is 0.390 e. The van der Waals surface area contributed by atoms with Crippen LogP contribution in [0.25, 0.3) is 16.6 Å². The van der Waals surface area contributed by atoms with Crippen molar-refractivity contribution in [3.05, 3.63) is 103 Å². The van der Waals surface area contributed by atoms with Crippen LogP contribution in [-0.2, 0) is 20.0 Å². The van der Waals surface area contributed by atoms with Crippen LogP contribution >= 0.6 is 11.6 Å². The molecule has 5 aromatic rings. The SMILES string of the molecule is Cc1cncc(-n2c(=O)nc(Nc3cc4cn(C)nc4cc3Cl)n(Cc3cc(F)c(F)cc3CCC(C)(C)O)c2=O)c1. The third-order valence-corrected chi connectivity index (χ3v) is 7.03. The first-order valence-corrected chi connectivity index (χ1v) is 13.4. The van der Waals surface area contributed by atoms with Gasteiger partial charge < -0.3 is 10.4 Å². The van der Waals surface area contributed by atoms with Gasteiger partial charge in [-0.15, -0.1) is 0 Å². The highest BCUT2D eigenvalue weighted by Crippen LogP contribution is 2.30. The monoisotopic (exact) mass is 595 g/mol. The van der Waals surface area contributed by atoms with Crippen LogP contribution in [0, 0.1) is 18.6 Å². The van der Waals surface area contributed by atoms with Crippen molar-refractivity contribution in [3.63, 3.8) is 0 Å². The molecule has 42 heavy (non-hydrogen) atoms. The lowest BCUT2D eigenvalue weighted by Gasteiger charge is -2.20. The van der Waals surface area contributed by atoms with E-state index in [-0.39, 0.29) is 41.6 Å². The highest BCUT2D eigenvalue weighted by Gasteiger charge is 2.21. The Kier molecular flexibility index (Phi) is 7.69. The van der Waals surface area contributed by atoms with Crippen LogP contribution in [0.3, 0.4) is 0 Å². The van der Waals surface area contributed by atoms with E-state index in [4.69, 9.17) is 11.6 Å². The van der Waals surface area contributed by atoms with E-state index in [2.05, 4.69) is 20.4 Å². The van der Waals surface area contributed by atoms with Gasteiger partial charge in [-0.2, -0.15) is 10.1 Å². The van der Waals surface area contributed by atoms with Gasteiger partial charge in [-0.3, -0.25) is 14.2 Å². The Morgan fingerprint density at radius 1 is 1.05 bits per heavy atom. The van der Waals surface area contributed by atoms with Gasteiger partial charge in [0.05, 0.1) is 40.3 Å². The second kappa shape index (κ2) is 11.1. The van der Waals surface area contributed by atoms with Crippen molar-refractivity contribution in [2.45, 2.75) is 45.8 Å². The third kappa shape index (κ3) is 6.09. The second-order valence-electron chi connectivity index (χ2n) is 10.8. The van der Waals surface area contributed by atoms with Crippen LogP contribution < -0.4 is 16.7 Å². The van der Waals surface area contributed by atoms with E-state index in [9.17, 15) is 23.5 Å². The van der Waals surface area contributed by atoms with Crippen molar-refractivity contribution in [1.29, 1.82) is 0 Å². The quantitative estimate of drug-likeness (QED) is 0.273. The molecule has 3 aromatic heterocycles. The van der Waals surface area contributed by atoms with Crippen LogP contribution in [0.15, 0.2) is 58.5 Å². The molecule has 0 aliphatic heterocycles. The van der Waals surface area contributed by atoms with Gasteiger partial charge in [0.25, 0.3) is 0 Å². The summed E-state index contributed by atoms with van der Waals surface area (Å²) in [4.78, 5) is 35.4. The van der Waals surface area contributed by atoms with Crippen LogP contribution in [0.4, 0.5) is 20.4 Å². The number of aromatic nitrogens is 6. The number of fused-ring (bicyclic) bond motifs is 1. The Labute approximate surface area is 243 Å². The topological polar surface area (TPSA) is 120 Å². The van der Waals surface area contributed by atoms with Crippen LogP contribution in [0.1, 0.15) is 37.0 Å². The maximum atomic E-state index is 14.5. The van der Waals surface area contributed by atoms with Gasteiger partial charge in [-0.1, -0.05) is 11.6 Å². The number of hydrogen-bond donors (Lipinski definition) is 2. The van der Waals surface area contributed by atoms with Gasteiger partial charge in [0.15, 0.2) is 11.6 Å². The summed E-state index contributed by atoms with van der Waals surface area (Å²) >= 11 is 6.51. The van der Waals surface area contributed by atoms with E-state index < -0.39 is 28.6 Å². The molecule has 0 atom stereocenters. The Morgan fingerprint density at radius 2 is 1.76 bits per heavy atom. The number of pyridine rings is 1. The van der Waals surface area contributed by atoms with E-state index in [1.807, 2.05) is 0 Å². The lowest BCUT2D eigenvalue weighted by atomic mass is 9.95. The predicted octanol–water partition coefficient (Wildman–Crippen LogP) is 4.41. The molecule has 2 aromatic carbocycles. The van der Waals surface area contributed by atoms with Crippen molar-refractivity contribution >= 4 is 34.1 Å². The maximum absolute atomic E-state index is 14.5. The molecule has 0 amide bonds. The molecule has 0 bridgehead atoms. The standard InChI is InChI=1S/C29H28ClF2N7O3/c1-16-7-20(13-33-12-16)39-27(40)35-26(34-25-10-19-14-37(4)36-24(19)11-21(25)30)38(28(39)41)15-18-9-23(32)22(31)8-17(18)5-6-29(2,3)42/h7-14,42H,5-6,15H2,1-4H3,(H,34,35,40). The van der Waals surface area contributed by atoms with Crippen LogP contribution in [0.2, 0.25) is 5.02 Å². The Hall–Kier alpha value is -4.42. The number of aliphatic hydroxyl groups is 1. The fourth-order valence-electron chi connectivity index (χ4n) is 4.62. The number of halogens is 3. The van der Waals surface area contributed by atoms with Gasteiger partial charge in [0.2, 0.25) is 5.95 Å². The van der Waals surface area contributed by atoms with E-state index in [0.717, 1.165) is 26.7 Å². The number of hydrogen-bond acceptors (Lipinski definition) is 7. The first-order chi connectivity index (χ1) is 19.8. The van der Waals surface area contributed by atoms with Gasteiger partial charge in [-0.05, 0) is 80.6 Å². The molecule has 0 saturated heterocycles. The number of rotatable bonds is 8. The zero-order valence-corrected chi connectivity index (χ0v) is 24.1. The van der Waals surface area contributed by atoms with Gasteiger partial charge in [0.1, 0.15) is 0 Å². The zero-order valence-electron chi connectivity index (χ0n) is 23.3. The molecule has 0 spiro atoms. The summed E-state index contributed by atoms with van der Waals surface area (Å²) in [5.41, 5.74) is -0.193. The molecule has 0 radical (unpaired) electrons. The fraction of sp³-hybridized carbons (Fsp3) is 0.276. The normalized spacial score (nSPS) is 11.8. The maximum Gasteiger partial charge on any atom is 0.359 e. The summed E-state index contributed by atoms with van der Waals surface area (Å²) in [6.07, 6.45) is 5.15. The Bertz CT molecular complexity index is 1940. The summed E-state index contributed by atoms with van der Waals surface area (Å²) in [5, 5.41) is 18.6. The summed E-state index contributed by atoms with van der Waals surface area (Å²) in [6.45, 7) is 4.70. The minimum Gasteiger partial charge on any atom is -0.390 e. The molecule has 218 valence electrons. The van der Waals surface area contributed by atoms with Crippen LogP contribution in [-0.4, -0.2) is 39.6 Å². The van der Waals surface area contributed by atoms with Crippen molar-refractivity contribution < 1.29 is 13.9 Å². The average molecular weight is 596 g/mol. The summed E-state index contributed by atoms with van der Waals surface area (Å²) < 4.78 is 32.4. The van der Waals surface area contributed by atoms with E-state index in [1.165, 1.54) is 6.20 Å². The fourth-order valence-corrected chi connectivity index (χ4v) is 4.83. The molecule has 5 rings (SSSR count). The van der Waals surface area contributed by atoms with E-state index in [0.29, 0.717) is 22.3 Å². The molecule has 0 fully saturated rings. The molecular weight excluding hydrogens is 568 g/mol. The van der Waals surface area contributed by atoms with Gasteiger partial charge in [0, 0.05) is 24.8 Å². The van der Waals surface area contributed by atoms with Crippen molar-refractivity contribution in [3.8, 4) is 5.69 Å². The lowest BCUT2D eigenvalue weighted by Crippen LogP contribution is -2.42. The molecule has 0 saturated carbocycles. The number of nitrogens with zero attached hydrogens (tertiary/aromatic N) is 6. The smallest absolute Gasteiger partial charge is 0.359 e. The number of nitrogens with one attached hydrogen (secondary N) is 1. The number of aryl methyl sites for hydroxylation is 3. The minimum absolute atomic E-state index is 0.162. The second-order valence-corrected chi connectivity index (χ2v) is 11.2. The molecular formula is C29H28ClF2N7O3. The summed E-state index contributed by atoms with van der Waals surface area (Å²) in [6, 6.07) is 6.99. The predicted molar refractivity (Wildman–Crippen MR) is 156 cm³/mol. The van der Waals surface area contributed by atoms with E-state index in [1.54, 1.807) is 63.1 Å². The van der Waals surface area contributed by atoms with Crippen LogP contribution in [0.5, 0.6) is 0 Å². The van der Waals surface area contributed by atoms with Gasteiger partial charge >= 0.3 is 11.4 Å². The zero-order chi connectivity index (χ0) is 30.3. The van der Waals surface area contributed by atoms with Crippen molar-refractivity contribution in [2.75, 3.05) is 5.32 Å². The summed E-state index contributed by atoms with van der Waals surface area (Å²) in [5.74, 6) is -2.32. The van der Waals surface area contributed by atoms with Gasteiger partial charge in [-0.25, -0.2) is 22.9 Å². The number of benzene rings is 2. The molecule has 13 heteroatoms. The lowest BCUT2D eigenvalue weighted by molar-refractivity contribution is 0.0713. The summed E-state index contributed by atoms with van der Waals surface area (Å²) in [7, 11) is 1.76.